The number of methoxy groups -OCH3 is 1. The molecule has 1 unspecified atom stereocenters. The first-order chi connectivity index (χ1) is 8.71. The van der Waals surface area contributed by atoms with Gasteiger partial charge in [-0.25, -0.2) is 0 Å². The number of ether oxygens (including phenoxy) is 1. The lowest BCUT2D eigenvalue weighted by molar-refractivity contribution is 0.0106. The molecule has 2 aromatic rings. The molecule has 0 amide bonds. The quantitative estimate of drug-likeness (QED) is 0.892. The molecule has 0 spiro atoms. The SMILES string of the molecule is COC(C)(CN)c1ccccc1-c1ccccc1. The minimum atomic E-state index is -0.452. The van der Waals surface area contributed by atoms with Gasteiger partial charge in [0.15, 0.2) is 0 Å². The van der Waals surface area contributed by atoms with Crippen LogP contribution in [0.4, 0.5) is 0 Å². The van der Waals surface area contributed by atoms with Crippen molar-refractivity contribution in [1.82, 2.24) is 0 Å². The maximum absolute atomic E-state index is 5.87. The lowest BCUT2D eigenvalue weighted by Crippen LogP contribution is -2.34. The van der Waals surface area contributed by atoms with Crippen molar-refractivity contribution < 1.29 is 4.74 Å². The summed E-state index contributed by atoms with van der Waals surface area (Å²) in [6, 6.07) is 18.6. The van der Waals surface area contributed by atoms with Crippen LogP contribution in [0, 0.1) is 0 Å². The van der Waals surface area contributed by atoms with Gasteiger partial charge in [-0.15, -0.1) is 0 Å². The largest absolute Gasteiger partial charge is 0.372 e. The van der Waals surface area contributed by atoms with Crippen molar-refractivity contribution in [3.8, 4) is 11.1 Å². The van der Waals surface area contributed by atoms with Gasteiger partial charge in [-0.2, -0.15) is 0 Å². The highest BCUT2D eigenvalue weighted by Gasteiger charge is 2.27. The number of rotatable bonds is 4. The van der Waals surface area contributed by atoms with E-state index < -0.39 is 5.60 Å². The third kappa shape index (κ3) is 2.30. The average molecular weight is 241 g/mol. The first-order valence-electron chi connectivity index (χ1n) is 6.11. The Bertz CT molecular complexity index is 504. The van der Waals surface area contributed by atoms with Crippen molar-refractivity contribution in [2.45, 2.75) is 12.5 Å². The molecule has 2 nitrogen and oxygen atoms in total. The van der Waals surface area contributed by atoms with Crippen LogP contribution in [0.25, 0.3) is 11.1 Å². The van der Waals surface area contributed by atoms with Gasteiger partial charge in [0, 0.05) is 13.7 Å². The summed E-state index contributed by atoms with van der Waals surface area (Å²) in [7, 11) is 1.70. The van der Waals surface area contributed by atoms with Crippen molar-refractivity contribution in [2.24, 2.45) is 5.73 Å². The zero-order chi connectivity index (χ0) is 13.0. The summed E-state index contributed by atoms with van der Waals surface area (Å²) < 4.78 is 5.61. The fourth-order valence-corrected chi connectivity index (χ4v) is 2.12. The van der Waals surface area contributed by atoms with Crippen LogP contribution in [-0.4, -0.2) is 13.7 Å². The first kappa shape index (κ1) is 12.8. The molecule has 1 atom stereocenters. The van der Waals surface area contributed by atoms with Crippen LogP contribution in [0.2, 0.25) is 0 Å². The summed E-state index contributed by atoms with van der Waals surface area (Å²) in [6.07, 6.45) is 0. The smallest absolute Gasteiger partial charge is 0.103 e. The Kier molecular flexibility index (Phi) is 3.80. The second-order valence-electron chi connectivity index (χ2n) is 4.55. The van der Waals surface area contributed by atoms with Crippen LogP contribution in [0.3, 0.4) is 0 Å². The predicted molar refractivity (Wildman–Crippen MR) is 75.3 cm³/mol. The third-order valence-electron chi connectivity index (χ3n) is 3.42. The summed E-state index contributed by atoms with van der Waals surface area (Å²) >= 11 is 0. The Labute approximate surface area is 108 Å². The minimum absolute atomic E-state index is 0.452. The fourth-order valence-electron chi connectivity index (χ4n) is 2.12. The highest BCUT2D eigenvalue weighted by atomic mass is 16.5. The molecule has 2 heteroatoms. The highest BCUT2D eigenvalue weighted by Crippen LogP contribution is 2.33. The number of benzene rings is 2. The normalized spacial score (nSPS) is 14.2. The van der Waals surface area contributed by atoms with E-state index in [2.05, 4.69) is 24.3 Å². The number of hydrogen-bond donors (Lipinski definition) is 1. The second-order valence-corrected chi connectivity index (χ2v) is 4.55. The van der Waals surface area contributed by atoms with Gasteiger partial charge in [0.25, 0.3) is 0 Å². The van der Waals surface area contributed by atoms with Gasteiger partial charge in [-0.1, -0.05) is 54.6 Å². The molecule has 0 bridgehead atoms. The zero-order valence-corrected chi connectivity index (χ0v) is 10.9. The minimum Gasteiger partial charge on any atom is -0.372 e. The predicted octanol–water partition coefficient (Wildman–Crippen LogP) is 3.17. The summed E-state index contributed by atoms with van der Waals surface area (Å²) in [4.78, 5) is 0. The van der Waals surface area contributed by atoms with E-state index in [-0.39, 0.29) is 0 Å². The molecule has 0 aliphatic carbocycles. The number of hydrogen-bond acceptors (Lipinski definition) is 2. The molecule has 0 aromatic heterocycles. The maximum Gasteiger partial charge on any atom is 0.103 e. The second kappa shape index (κ2) is 5.34. The van der Waals surface area contributed by atoms with Gasteiger partial charge < -0.3 is 10.5 Å². The van der Waals surface area contributed by atoms with E-state index in [1.54, 1.807) is 7.11 Å². The Balaban J connectivity index is 2.57. The molecule has 0 fully saturated rings. The first-order valence-corrected chi connectivity index (χ1v) is 6.11. The summed E-state index contributed by atoms with van der Waals surface area (Å²) in [5.41, 5.74) is 8.90. The van der Waals surface area contributed by atoms with Gasteiger partial charge in [0.05, 0.1) is 0 Å². The van der Waals surface area contributed by atoms with E-state index in [1.807, 2.05) is 37.3 Å². The van der Waals surface area contributed by atoms with Crippen molar-refractivity contribution in [3.05, 3.63) is 60.2 Å². The topological polar surface area (TPSA) is 35.2 Å². The Hall–Kier alpha value is -1.64. The van der Waals surface area contributed by atoms with Gasteiger partial charge in [-0.05, 0) is 23.6 Å². The van der Waals surface area contributed by atoms with Gasteiger partial charge in [0.2, 0.25) is 0 Å². The van der Waals surface area contributed by atoms with Crippen LogP contribution in [0.5, 0.6) is 0 Å². The van der Waals surface area contributed by atoms with E-state index in [1.165, 1.54) is 11.1 Å². The lowest BCUT2D eigenvalue weighted by atomic mass is 9.88. The van der Waals surface area contributed by atoms with E-state index in [0.29, 0.717) is 6.54 Å². The molecule has 0 saturated heterocycles. The molecule has 94 valence electrons. The van der Waals surface area contributed by atoms with E-state index in [0.717, 1.165) is 5.56 Å². The third-order valence-corrected chi connectivity index (χ3v) is 3.42. The van der Waals surface area contributed by atoms with Crippen molar-refractivity contribution >= 4 is 0 Å². The highest BCUT2D eigenvalue weighted by molar-refractivity contribution is 5.68. The van der Waals surface area contributed by atoms with Crippen LogP contribution < -0.4 is 5.73 Å². The molecule has 2 aromatic carbocycles. The van der Waals surface area contributed by atoms with Crippen molar-refractivity contribution in [3.63, 3.8) is 0 Å². The number of nitrogens with two attached hydrogens (primary N) is 1. The molecule has 0 aliphatic rings. The Morgan fingerprint density at radius 2 is 1.61 bits per heavy atom. The standard InChI is InChI=1S/C16H19NO/c1-16(12-17,18-2)15-11-7-6-10-14(15)13-8-4-3-5-9-13/h3-11H,12,17H2,1-2H3. The fraction of sp³-hybridized carbons (Fsp3) is 0.250. The van der Waals surface area contributed by atoms with Crippen LogP contribution in [0.1, 0.15) is 12.5 Å². The van der Waals surface area contributed by atoms with Crippen LogP contribution in [0.15, 0.2) is 54.6 Å². The monoisotopic (exact) mass is 241 g/mol. The zero-order valence-electron chi connectivity index (χ0n) is 10.9. The molecule has 18 heavy (non-hydrogen) atoms. The molecule has 2 rings (SSSR count). The van der Waals surface area contributed by atoms with Crippen LogP contribution in [-0.2, 0) is 10.3 Å². The molecular weight excluding hydrogens is 222 g/mol. The lowest BCUT2D eigenvalue weighted by Gasteiger charge is -2.29. The molecule has 0 radical (unpaired) electrons. The summed E-state index contributed by atoms with van der Waals surface area (Å²) in [6.45, 7) is 2.47. The van der Waals surface area contributed by atoms with E-state index in [9.17, 15) is 0 Å². The van der Waals surface area contributed by atoms with E-state index in [4.69, 9.17) is 10.5 Å². The van der Waals surface area contributed by atoms with Gasteiger partial charge in [-0.3, -0.25) is 0 Å². The maximum atomic E-state index is 5.87. The average Bonchev–Trinajstić information content (AvgIpc) is 2.47. The van der Waals surface area contributed by atoms with Gasteiger partial charge >= 0.3 is 0 Å². The van der Waals surface area contributed by atoms with Gasteiger partial charge in [0.1, 0.15) is 5.60 Å². The van der Waals surface area contributed by atoms with Crippen LogP contribution >= 0.6 is 0 Å². The molecule has 0 heterocycles. The van der Waals surface area contributed by atoms with E-state index >= 15 is 0 Å². The Morgan fingerprint density at radius 3 is 2.22 bits per heavy atom. The van der Waals surface area contributed by atoms with Crippen molar-refractivity contribution in [2.75, 3.05) is 13.7 Å². The summed E-state index contributed by atoms with van der Waals surface area (Å²) in [5.74, 6) is 0. The summed E-state index contributed by atoms with van der Waals surface area (Å²) in [5, 5.41) is 0. The van der Waals surface area contributed by atoms with Crippen molar-refractivity contribution in [1.29, 1.82) is 0 Å². The molecule has 2 N–H and O–H groups in total. The molecule has 0 saturated carbocycles. The molecular formula is C16H19NO. The Morgan fingerprint density at radius 1 is 1.00 bits per heavy atom. The molecule has 0 aliphatic heterocycles.